The second-order valence-corrected chi connectivity index (χ2v) is 5.27. The molecule has 0 bridgehead atoms. The standard InChI is InChI=1S/C16H18BrNO2/c1-18-10-12-3-5-14(6-4-12)20-11-13-9-15(19-2)7-8-16(13)17/h3-9,18H,10-11H2,1-2H3. The van der Waals surface area contributed by atoms with E-state index in [1.54, 1.807) is 7.11 Å². The Bertz CT molecular complexity index is 555. The van der Waals surface area contributed by atoms with Gasteiger partial charge in [-0.1, -0.05) is 28.1 Å². The summed E-state index contributed by atoms with van der Waals surface area (Å²) in [6.07, 6.45) is 0. The molecule has 0 radical (unpaired) electrons. The molecule has 20 heavy (non-hydrogen) atoms. The molecule has 0 saturated heterocycles. The van der Waals surface area contributed by atoms with E-state index in [9.17, 15) is 0 Å². The van der Waals surface area contributed by atoms with Gasteiger partial charge >= 0.3 is 0 Å². The summed E-state index contributed by atoms with van der Waals surface area (Å²) in [6.45, 7) is 1.37. The van der Waals surface area contributed by atoms with Crippen molar-refractivity contribution < 1.29 is 9.47 Å². The Labute approximate surface area is 128 Å². The van der Waals surface area contributed by atoms with Crippen LogP contribution in [-0.2, 0) is 13.2 Å². The van der Waals surface area contributed by atoms with Crippen molar-refractivity contribution in [2.75, 3.05) is 14.2 Å². The third-order valence-corrected chi connectivity index (χ3v) is 3.73. The van der Waals surface area contributed by atoms with Crippen molar-refractivity contribution in [2.45, 2.75) is 13.2 Å². The summed E-state index contributed by atoms with van der Waals surface area (Å²) in [4.78, 5) is 0. The van der Waals surface area contributed by atoms with Gasteiger partial charge in [0.15, 0.2) is 0 Å². The number of nitrogens with one attached hydrogen (secondary N) is 1. The molecule has 0 saturated carbocycles. The lowest BCUT2D eigenvalue weighted by Gasteiger charge is -2.10. The maximum Gasteiger partial charge on any atom is 0.119 e. The van der Waals surface area contributed by atoms with Gasteiger partial charge in [-0.2, -0.15) is 0 Å². The monoisotopic (exact) mass is 335 g/mol. The summed E-state index contributed by atoms with van der Waals surface area (Å²) in [6, 6.07) is 14.0. The Kier molecular flexibility index (Phi) is 5.44. The summed E-state index contributed by atoms with van der Waals surface area (Å²) in [5.74, 6) is 1.69. The van der Waals surface area contributed by atoms with Crippen LogP contribution in [0.3, 0.4) is 0 Å². The Morgan fingerprint density at radius 2 is 1.75 bits per heavy atom. The molecule has 0 spiro atoms. The Balaban J connectivity index is 2.01. The zero-order valence-electron chi connectivity index (χ0n) is 11.7. The number of ether oxygens (including phenoxy) is 2. The maximum atomic E-state index is 5.80. The van der Waals surface area contributed by atoms with Gasteiger partial charge in [0.2, 0.25) is 0 Å². The molecule has 0 aliphatic rings. The van der Waals surface area contributed by atoms with Crippen LogP contribution in [0.4, 0.5) is 0 Å². The highest BCUT2D eigenvalue weighted by atomic mass is 79.9. The molecule has 2 aromatic carbocycles. The van der Waals surface area contributed by atoms with Gasteiger partial charge in [-0.05, 0) is 42.9 Å². The predicted molar refractivity (Wildman–Crippen MR) is 84.2 cm³/mol. The van der Waals surface area contributed by atoms with Crippen LogP contribution in [0.15, 0.2) is 46.9 Å². The van der Waals surface area contributed by atoms with Crippen molar-refractivity contribution in [3.8, 4) is 11.5 Å². The van der Waals surface area contributed by atoms with Crippen LogP contribution >= 0.6 is 15.9 Å². The lowest BCUT2D eigenvalue weighted by Crippen LogP contribution is -2.04. The molecule has 0 aliphatic carbocycles. The molecular formula is C16H18BrNO2. The zero-order valence-corrected chi connectivity index (χ0v) is 13.2. The molecule has 4 heteroatoms. The minimum absolute atomic E-state index is 0.503. The van der Waals surface area contributed by atoms with Gasteiger partial charge in [0.1, 0.15) is 18.1 Å². The average molecular weight is 336 g/mol. The van der Waals surface area contributed by atoms with Crippen LogP contribution < -0.4 is 14.8 Å². The van der Waals surface area contributed by atoms with E-state index in [0.717, 1.165) is 28.1 Å². The Hall–Kier alpha value is -1.52. The molecule has 0 aliphatic heterocycles. The maximum absolute atomic E-state index is 5.80. The predicted octanol–water partition coefficient (Wildman–Crippen LogP) is 3.76. The molecule has 0 atom stereocenters. The van der Waals surface area contributed by atoms with E-state index in [-0.39, 0.29) is 0 Å². The second-order valence-electron chi connectivity index (χ2n) is 4.42. The fourth-order valence-electron chi connectivity index (χ4n) is 1.86. The topological polar surface area (TPSA) is 30.5 Å². The van der Waals surface area contributed by atoms with Gasteiger partial charge in [-0.3, -0.25) is 0 Å². The minimum Gasteiger partial charge on any atom is -0.497 e. The molecule has 106 valence electrons. The number of methoxy groups -OCH3 is 1. The van der Waals surface area contributed by atoms with Gasteiger partial charge in [-0.15, -0.1) is 0 Å². The molecule has 3 nitrogen and oxygen atoms in total. The lowest BCUT2D eigenvalue weighted by atomic mass is 10.2. The molecule has 0 heterocycles. The summed E-state index contributed by atoms with van der Waals surface area (Å²) >= 11 is 3.52. The van der Waals surface area contributed by atoms with E-state index in [2.05, 4.69) is 33.4 Å². The highest BCUT2D eigenvalue weighted by molar-refractivity contribution is 9.10. The Morgan fingerprint density at radius 3 is 2.40 bits per heavy atom. The van der Waals surface area contributed by atoms with Crippen molar-refractivity contribution >= 4 is 15.9 Å². The quantitative estimate of drug-likeness (QED) is 0.871. The van der Waals surface area contributed by atoms with E-state index in [1.807, 2.05) is 37.4 Å². The second kappa shape index (κ2) is 7.31. The number of rotatable bonds is 6. The van der Waals surface area contributed by atoms with E-state index >= 15 is 0 Å². The molecule has 2 aromatic rings. The van der Waals surface area contributed by atoms with Gasteiger partial charge in [0.05, 0.1) is 7.11 Å². The average Bonchev–Trinajstić information content (AvgIpc) is 2.48. The zero-order chi connectivity index (χ0) is 14.4. The summed E-state index contributed by atoms with van der Waals surface area (Å²) in [5.41, 5.74) is 2.30. The molecule has 0 unspecified atom stereocenters. The molecular weight excluding hydrogens is 318 g/mol. The lowest BCUT2D eigenvalue weighted by molar-refractivity contribution is 0.304. The SMILES string of the molecule is CNCc1ccc(OCc2cc(OC)ccc2Br)cc1. The molecule has 0 aromatic heterocycles. The van der Waals surface area contributed by atoms with Crippen LogP contribution in [-0.4, -0.2) is 14.2 Å². The fraction of sp³-hybridized carbons (Fsp3) is 0.250. The first-order valence-electron chi connectivity index (χ1n) is 6.41. The molecule has 2 rings (SSSR count). The third-order valence-electron chi connectivity index (χ3n) is 2.95. The van der Waals surface area contributed by atoms with Crippen molar-refractivity contribution in [1.29, 1.82) is 0 Å². The van der Waals surface area contributed by atoms with Crippen LogP contribution in [0.5, 0.6) is 11.5 Å². The first-order chi connectivity index (χ1) is 9.72. The van der Waals surface area contributed by atoms with Gasteiger partial charge < -0.3 is 14.8 Å². The number of benzene rings is 2. The van der Waals surface area contributed by atoms with Crippen LogP contribution in [0.2, 0.25) is 0 Å². The Morgan fingerprint density at radius 1 is 1.05 bits per heavy atom. The first-order valence-corrected chi connectivity index (χ1v) is 7.21. The molecule has 0 fully saturated rings. The van der Waals surface area contributed by atoms with Gasteiger partial charge in [-0.25, -0.2) is 0 Å². The first kappa shape index (κ1) is 14.9. The van der Waals surface area contributed by atoms with Gasteiger partial charge in [0.25, 0.3) is 0 Å². The van der Waals surface area contributed by atoms with Crippen LogP contribution in [0, 0.1) is 0 Å². The van der Waals surface area contributed by atoms with Crippen LogP contribution in [0.25, 0.3) is 0 Å². The minimum atomic E-state index is 0.503. The van der Waals surface area contributed by atoms with Crippen molar-refractivity contribution in [3.63, 3.8) is 0 Å². The fourth-order valence-corrected chi connectivity index (χ4v) is 2.22. The van der Waals surface area contributed by atoms with Crippen molar-refractivity contribution in [1.82, 2.24) is 5.32 Å². The van der Waals surface area contributed by atoms with Crippen molar-refractivity contribution in [3.05, 3.63) is 58.1 Å². The highest BCUT2D eigenvalue weighted by Crippen LogP contribution is 2.24. The summed E-state index contributed by atoms with van der Waals surface area (Å²) in [7, 11) is 3.60. The summed E-state index contributed by atoms with van der Waals surface area (Å²) < 4.78 is 12.0. The van der Waals surface area contributed by atoms with E-state index in [1.165, 1.54) is 5.56 Å². The van der Waals surface area contributed by atoms with E-state index < -0.39 is 0 Å². The summed E-state index contributed by atoms with van der Waals surface area (Å²) in [5, 5.41) is 3.12. The third kappa shape index (κ3) is 3.99. The van der Waals surface area contributed by atoms with Gasteiger partial charge in [0, 0.05) is 16.6 Å². The number of halogens is 1. The molecule has 0 amide bonds. The van der Waals surface area contributed by atoms with E-state index in [0.29, 0.717) is 6.61 Å². The molecule has 1 N–H and O–H groups in total. The highest BCUT2D eigenvalue weighted by Gasteiger charge is 2.03. The largest absolute Gasteiger partial charge is 0.497 e. The van der Waals surface area contributed by atoms with Crippen LogP contribution in [0.1, 0.15) is 11.1 Å². The van der Waals surface area contributed by atoms with E-state index in [4.69, 9.17) is 9.47 Å². The smallest absolute Gasteiger partial charge is 0.119 e. The normalized spacial score (nSPS) is 10.3. The van der Waals surface area contributed by atoms with Crippen molar-refractivity contribution in [2.24, 2.45) is 0 Å². The number of hydrogen-bond acceptors (Lipinski definition) is 3. The number of hydrogen-bond donors (Lipinski definition) is 1.